The van der Waals surface area contributed by atoms with E-state index in [1.54, 1.807) is 30.3 Å². The predicted molar refractivity (Wildman–Crippen MR) is 125 cm³/mol. The summed E-state index contributed by atoms with van der Waals surface area (Å²) in [7, 11) is -2.90. The number of ketones is 1. The number of carbonyl (C=O) groups is 2. The number of sulfone groups is 1. The first-order chi connectivity index (χ1) is 17.1. The van der Waals surface area contributed by atoms with E-state index in [0.717, 1.165) is 18.2 Å². The van der Waals surface area contributed by atoms with Gasteiger partial charge in [-0.05, 0) is 35.4 Å². The van der Waals surface area contributed by atoms with Gasteiger partial charge in [0.05, 0.1) is 19.1 Å². The lowest BCUT2D eigenvalue weighted by atomic mass is 9.83. The van der Waals surface area contributed by atoms with E-state index in [-0.39, 0.29) is 22.6 Å². The number of methoxy groups -OCH3 is 2. The Morgan fingerprint density at radius 3 is 2.08 bits per heavy atom. The predicted octanol–water partition coefficient (Wildman–Crippen LogP) is 4.24. The highest BCUT2D eigenvalue weighted by Gasteiger charge is 2.74. The molecule has 0 saturated carbocycles. The first-order valence-electron chi connectivity index (χ1n) is 10.8. The number of ether oxygens (including phenoxy) is 3. The van der Waals surface area contributed by atoms with E-state index in [0.29, 0.717) is 5.56 Å². The van der Waals surface area contributed by atoms with Crippen molar-refractivity contribution in [2.45, 2.75) is 23.2 Å². The van der Waals surface area contributed by atoms with Gasteiger partial charge in [0.2, 0.25) is 15.3 Å². The normalized spacial score (nSPS) is 17.4. The standard InChI is InChI=1S/C26H22F2O7S/c1-33-21-13-18-15-25(23(29)20(18)14-22(21)34-2,24(30)35-16-17-9-5-3-6-10-17)26(27,28)36(31,32)19-11-7-4-8-12-19/h3-14H,15-16H2,1-2H3. The van der Waals surface area contributed by atoms with Crippen molar-refractivity contribution < 1.29 is 41.0 Å². The molecule has 0 aromatic heterocycles. The maximum absolute atomic E-state index is 16.2. The summed E-state index contributed by atoms with van der Waals surface area (Å²) >= 11 is 0. The Labute approximate surface area is 206 Å². The van der Waals surface area contributed by atoms with Crippen LogP contribution >= 0.6 is 0 Å². The number of Topliss-reactive ketones (excluding diaryl/α,β-unsaturated/α-hetero) is 1. The second kappa shape index (κ2) is 9.34. The van der Waals surface area contributed by atoms with Crippen LogP contribution in [0.4, 0.5) is 8.78 Å². The molecular formula is C26H22F2O7S. The minimum absolute atomic E-state index is 0.0113. The fraction of sp³-hybridized carbons (Fsp3) is 0.231. The number of carbonyl (C=O) groups excluding carboxylic acids is 2. The average Bonchev–Trinajstić information content (AvgIpc) is 3.20. The summed E-state index contributed by atoms with van der Waals surface area (Å²) in [5.74, 6) is -2.82. The van der Waals surface area contributed by atoms with Crippen LogP contribution in [-0.4, -0.2) is 39.6 Å². The lowest BCUT2D eigenvalue weighted by molar-refractivity contribution is -0.165. The van der Waals surface area contributed by atoms with Crippen LogP contribution in [0, 0.1) is 5.41 Å². The third-order valence-corrected chi connectivity index (χ3v) is 8.06. The number of esters is 1. The van der Waals surface area contributed by atoms with Crippen molar-refractivity contribution in [2.75, 3.05) is 14.2 Å². The van der Waals surface area contributed by atoms with Gasteiger partial charge in [0, 0.05) is 12.0 Å². The van der Waals surface area contributed by atoms with Gasteiger partial charge < -0.3 is 14.2 Å². The molecule has 0 amide bonds. The van der Waals surface area contributed by atoms with Gasteiger partial charge >= 0.3 is 11.2 Å². The molecule has 36 heavy (non-hydrogen) atoms. The zero-order valence-electron chi connectivity index (χ0n) is 19.4. The van der Waals surface area contributed by atoms with Gasteiger partial charge in [0.25, 0.3) is 0 Å². The number of halogens is 2. The minimum atomic E-state index is -5.51. The Hall–Kier alpha value is -3.79. The van der Waals surface area contributed by atoms with Crippen molar-refractivity contribution in [1.82, 2.24) is 0 Å². The first-order valence-corrected chi connectivity index (χ1v) is 12.3. The summed E-state index contributed by atoms with van der Waals surface area (Å²) in [5, 5.41) is -4.86. The Kier molecular flexibility index (Phi) is 6.57. The highest BCUT2D eigenvalue weighted by Crippen LogP contribution is 2.54. The Bertz CT molecular complexity index is 1410. The second-order valence-electron chi connectivity index (χ2n) is 8.17. The highest BCUT2D eigenvalue weighted by atomic mass is 32.2. The summed E-state index contributed by atoms with van der Waals surface area (Å²) in [6.45, 7) is -0.431. The molecule has 7 nitrogen and oxygen atoms in total. The first kappa shape index (κ1) is 25.3. The van der Waals surface area contributed by atoms with Gasteiger partial charge in [0.15, 0.2) is 17.3 Å². The third-order valence-electron chi connectivity index (χ3n) is 6.15. The fourth-order valence-electron chi connectivity index (χ4n) is 4.22. The molecule has 0 heterocycles. The van der Waals surface area contributed by atoms with Gasteiger partial charge in [-0.25, -0.2) is 8.42 Å². The molecule has 10 heteroatoms. The van der Waals surface area contributed by atoms with Crippen molar-refractivity contribution in [3.8, 4) is 11.5 Å². The molecule has 188 valence electrons. The summed E-state index contributed by atoms with van der Waals surface area (Å²) in [6, 6.07) is 16.6. The van der Waals surface area contributed by atoms with Crippen LogP contribution in [0.1, 0.15) is 21.5 Å². The van der Waals surface area contributed by atoms with E-state index in [9.17, 15) is 18.0 Å². The number of fused-ring (bicyclic) bond motifs is 1. The summed E-state index contributed by atoms with van der Waals surface area (Å²) in [5.41, 5.74) is -3.15. The van der Waals surface area contributed by atoms with Crippen LogP contribution in [0.2, 0.25) is 0 Å². The van der Waals surface area contributed by atoms with Crippen LogP contribution in [0.3, 0.4) is 0 Å². The van der Waals surface area contributed by atoms with E-state index < -0.39 is 50.2 Å². The van der Waals surface area contributed by atoms with Crippen LogP contribution in [0.5, 0.6) is 11.5 Å². The molecule has 0 radical (unpaired) electrons. The van der Waals surface area contributed by atoms with Crippen LogP contribution in [-0.2, 0) is 32.4 Å². The summed E-state index contributed by atoms with van der Waals surface area (Å²) in [4.78, 5) is 26.3. The van der Waals surface area contributed by atoms with E-state index >= 15 is 8.78 Å². The van der Waals surface area contributed by atoms with Crippen molar-refractivity contribution in [3.05, 3.63) is 89.5 Å². The Balaban J connectivity index is 1.87. The van der Waals surface area contributed by atoms with E-state index in [1.165, 1.54) is 38.5 Å². The highest BCUT2D eigenvalue weighted by molar-refractivity contribution is 7.92. The van der Waals surface area contributed by atoms with Gasteiger partial charge in [-0.15, -0.1) is 0 Å². The number of alkyl halides is 2. The molecule has 1 aliphatic carbocycles. The fourth-order valence-corrected chi connectivity index (χ4v) is 5.74. The van der Waals surface area contributed by atoms with Crippen LogP contribution in [0.25, 0.3) is 0 Å². The summed E-state index contributed by atoms with van der Waals surface area (Å²) < 4.78 is 74.4. The van der Waals surface area contributed by atoms with Gasteiger partial charge in [0.1, 0.15) is 6.61 Å². The quantitative estimate of drug-likeness (QED) is 0.326. The molecule has 1 aliphatic rings. The van der Waals surface area contributed by atoms with E-state index in [4.69, 9.17) is 14.2 Å². The Morgan fingerprint density at radius 2 is 1.50 bits per heavy atom. The molecule has 1 unspecified atom stereocenters. The number of hydrogen-bond acceptors (Lipinski definition) is 7. The molecule has 3 aromatic rings. The number of rotatable bonds is 8. The zero-order chi connectivity index (χ0) is 26.1. The smallest absolute Gasteiger partial charge is 0.373 e. The van der Waals surface area contributed by atoms with E-state index in [2.05, 4.69) is 0 Å². The Morgan fingerprint density at radius 1 is 0.944 bits per heavy atom. The van der Waals surface area contributed by atoms with Crippen molar-refractivity contribution >= 4 is 21.6 Å². The van der Waals surface area contributed by atoms with Gasteiger partial charge in [-0.3, -0.25) is 9.59 Å². The minimum Gasteiger partial charge on any atom is -0.493 e. The monoisotopic (exact) mass is 516 g/mol. The van der Waals surface area contributed by atoms with E-state index in [1.807, 2.05) is 0 Å². The third kappa shape index (κ3) is 3.81. The average molecular weight is 517 g/mol. The molecule has 0 bridgehead atoms. The molecule has 0 saturated heterocycles. The number of benzene rings is 3. The van der Waals surface area contributed by atoms with Gasteiger partial charge in [-0.1, -0.05) is 48.5 Å². The molecule has 0 spiro atoms. The molecule has 0 N–H and O–H groups in total. The maximum Gasteiger partial charge on any atom is 0.373 e. The molecule has 0 fully saturated rings. The van der Waals surface area contributed by atoms with Gasteiger partial charge in [-0.2, -0.15) is 8.78 Å². The zero-order valence-corrected chi connectivity index (χ0v) is 20.2. The van der Waals surface area contributed by atoms with Crippen molar-refractivity contribution in [1.29, 1.82) is 0 Å². The van der Waals surface area contributed by atoms with Crippen molar-refractivity contribution in [2.24, 2.45) is 5.41 Å². The largest absolute Gasteiger partial charge is 0.493 e. The lowest BCUT2D eigenvalue weighted by Gasteiger charge is -2.33. The van der Waals surface area contributed by atoms with Crippen LogP contribution < -0.4 is 9.47 Å². The SMILES string of the molecule is COc1cc2c(cc1OC)C(=O)C(C(=O)OCc1ccccc1)(C(F)(F)S(=O)(=O)c1ccccc1)C2. The maximum atomic E-state index is 16.2. The second-order valence-corrected chi connectivity index (χ2v) is 10.2. The summed E-state index contributed by atoms with van der Waals surface area (Å²) in [6.07, 6.45) is -0.909. The van der Waals surface area contributed by atoms with Crippen LogP contribution in [0.15, 0.2) is 77.7 Å². The van der Waals surface area contributed by atoms with Crippen molar-refractivity contribution in [3.63, 3.8) is 0 Å². The number of hydrogen-bond donors (Lipinski definition) is 0. The topological polar surface area (TPSA) is 96.0 Å². The molecule has 0 aliphatic heterocycles. The molecule has 4 rings (SSSR count). The lowest BCUT2D eigenvalue weighted by Crippen LogP contribution is -2.56. The molecule has 1 atom stereocenters. The molecular weight excluding hydrogens is 494 g/mol. The molecule has 3 aromatic carbocycles.